The lowest BCUT2D eigenvalue weighted by atomic mass is 10.6. The third-order valence-corrected chi connectivity index (χ3v) is 2.41. The van der Waals surface area contributed by atoms with E-state index in [4.69, 9.17) is 0 Å². The molecule has 0 aliphatic heterocycles. The monoisotopic (exact) mass is 199 g/mol. The van der Waals surface area contributed by atoms with Crippen LogP contribution in [0, 0.1) is 11.8 Å². The molecule has 0 aliphatic rings. The van der Waals surface area contributed by atoms with Gasteiger partial charge in [-0.3, -0.25) is 0 Å². The van der Waals surface area contributed by atoms with Crippen LogP contribution in [0.5, 0.6) is 0 Å². The Bertz CT molecular complexity index is 222. The number of hydrogen-bond acceptors (Lipinski definition) is 3. The van der Waals surface area contributed by atoms with Gasteiger partial charge in [0.05, 0.1) is 13.2 Å². The van der Waals surface area contributed by atoms with Crippen molar-refractivity contribution in [3.8, 4) is 11.8 Å². The number of nitrogens with one attached hydrogen (secondary N) is 1. The first kappa shape index (κ1) is 12.2. The zero-order chi connectivity index (χ0) is 10.3. The summed E-state index contributed by atoms with van der Waals surface area (Å²) in [6, 6.07) is 0. The minimum absolute atomic E-state index is 0.384. The minimum Gasteiger partial charge on any atom is -0.456 e. The largest absolute Gasteiger partial charge is 0.456 e. The van der Waals surface area contributed by atoms with E-state index in [0.29, 0.717) is 13.2 Å². The van der Waals surface area contributed by atoms with Crippen molar-refractivity contribution in [1.82, 2.24) is 4.98 Å². The normalized spacial score (nSPS) is 10.2. The summed E-state index contributed by atoms with van der Waals surface area (Å²) in [5, 5.41) is 0. The molecule has 1 N–H and O–H groups in total. The summed E-state index contributed by atoms with van der Waals surface area (Å²) in [5.41, 5.74) is 0. The fourth-order valence-electron chi connectivity index (χ4n) is 0.593. The van der Waals surface area contributed by atoms with Crippen molar-refractivity contribution in [1.29, 1.82) is 0 Å². The lowest BCUT2D eigenvalue weighted by molar-refractivity contribution is -0.136. The van der Waals surface area contributed by atoms with Crippen LogP contribution in [0.15, 0.2) is 0 Å². The molecule has 0 aromatic carbocycles. The van der Waals surface area contributed by atoms with Crippen molar-refractivity contribution in [2.45, 2.75) is 26.6 Å². The average Bonchev–Trinajstić information content (AvgIpc) is 1.97. The Morgan fingerprint density at radius 3 is 2.54 bits per heavy atom. The van der Waals surface area contributed by atoms with Crippen LogP contribution in [0.1, 0.15) is 6.92 Å². The Labute approximate surface area is 80.9 Å². The van der Waals surface area contributed by atoms with E-state index in [9.17, 15) is 4.79 Å². The van der Waals surface area contributed by atoms with E-state index in [1.165, 1.54) is 0 Å². The van der Waals surface area contributed by atoms with Gasteiger partial charge in [0, 0.05) is 5.92 Å². The second-order valence-electron chi connectivity index (χ2n) is 3.63. The Balaban J connectivity index is 3.68. The van der Waals surface area contributed by atoms with Gasteiger partial charge in [0.15, 0.2) is 0 Å². The van der Waals surface area contributed by atoms with Crippen LogP contribution in [0.3, 0.4) is 0 Å². The van der Waals surface area contributed by atoms with Crippen molar-refractivity contribution in [2.75, 3.05) is 13.2 Å². The zero-order valence-corrected chi connectivity index (χ0v) is 9.73. The smallest absolute Gasteiger partial charge is 0.384 e. The van der Waals surface area contributed by atoms with Gasteiger partial charge < -0.3 is 9.72 Å². The predicted octanol–water partition coefficient (Wildman–Crippen LogP) is 0.977. The summed E-state index contributed by atoms with van der Waals surface area (Å²) in [6.45, 7) is 9.25. The van der Waals surface area contributed by atoms with Gasteiger partial charge in [-0.2, -0.15) is 0 Å². The van der Waals surface area contributed by atoms with E-state index < -0.39 is 14.2 Å². The van der Waals surface area contributed by atoms with E-state index in [1.807, 2.05) is 0 Å². The van der Waals surface area contributed by atoms with Gasteiger partial charge in [-0.15, -0.1) is 0 Å². The topological polar surface area (TPSA) is 38.3 Å². The summed E-state index contributed by atoms with van der Waals surface area (Å²) in [6.07, 6.45) is 0. The van der Waals surface area contributed by atoms with Gasteiger partial charge in [-0.25, -0.2) is 4.79 Å². The van der Waals surface area contributed by atoms with Crippen molar-refractivity contribution in [3.63, 3.8) is 0 Å². The Morgan fingerprint density at radius 1 is 1.46 bits per heavy atom. The molecule has 0 aliphatic carbocycles. The van der Waals surface area contributed by atoms with E-state index in [-0.39, 0.29) is 0 Å². The molecule has 0 saturated carbocycles. The lowest BCUT2D eigenvalue weighted by Gasteiger charge is -2.14. The number of ether oxygens (including phenoxy) is 1. The molecule has 3 nitrogen and oxygen atoms in total. The van der Waals surface area contributed by atoms with Gasteiger partial charge in [-0.05, 0) is 6.92 Å². The highest BCUT2D eigenvalue weighted by Gasteiger charge is 2.09. The van der Waals surface area contributed by atoms with Crippen LogP contribution in [0.25, 0.3) is 0 Å². The summed E-state index contributed by atoms with van der Waals surface area (Å²) in [5.74, 6) is 4.69. The lowest BCUT2D eigenvalue weighted by Crippen LogP contribution is -2.41. The van der Waals surface area contributed by atoms with Crippen LogP contribution >= 0.6 is 0 Å². The highest BCUT2D eigenvalue weighted by molar-refractivity contribution is 6.73. The molecule has 0 aromatic heterocycles. The molecule has 13 heavy (non-hydrogen) atoms. The fraction of sp³-hybridized carbons (Fsp3) is 0.667. The van der Waals surface area contributed by atoms with Gasteiger partial charge in [0.25, 0.3) is 0 Å². The summed E-state index contributed by atoms with van der Waals surface area (Å²) >= 11 is 0. The second-order valence-corrected chi connectivity index (χ2v) is 8.48. The minimum atomic E-state index is -1.25. The summed E-state index contributed by atoms with van der Waals surface area (Å²) < 4.78 is 4.65. The first-order chi connectivity index (χ1) is 5.95. The molecular formula is C9H17NO2Si. The highest BCUT2D eigenvalue weighted by Crippen LogP contribution is 1.91. The van der Waals surface area contributed by atoms with Gasteiger partial charge in [0.2, 0.25) is 0 Å². The number of carbonyl (C=O) groups is 1. The zero-order valence-electron chi connectivity index (χ0n) is 8.73. The Kier molecular flexibility index (Phi) is 5.43. The van der Waals surface area contributed by atoms with E-state index in [0.717, 1.165) is 0 Å². The molecule has 0 heterocycles. The molecule has 4 heteroatoms. The Hall–Kier alpha value is -0.793. The third kappa shape index (κ3) is 9.12. The van der Waals surface area contributed by atoms with Crippen molar-refractivity contribution in [2.24, 2.45) is 0 Å². The molecule has 0 bridgehead atoms. The molecule has 0 radical (unpaired) electrons. The molecule has 0 aromatic rings. The van der Waals surface area contributed by atoms with Crippen LogP contribution in [-0.2, 0) is 9.53 Å². The predicted molar refractivity (Wildman–Crippen MR) is 55.8 cm³/mol. The number of esters is 1. The molecule has 0 saturated heterocycles. The SMILES string of the molecule is CCOC(=O)C#CCN[Si](C)(C)C. The molecule has 0 rings (SSSR count). The second kappa shape index (κ2) is 5.78. The molecule has 0 fully saturated rings. The number of carbonyl (C=O) groups excluding carboxylic acids is 1. The standard InChI is InChI=1S/C9H17NO2Si/c1-5-12-9(11)7-6-8-10-13(2,3)4/h10H,5,8H2,1-4H3. The first-order valence-electron chi connectivity index (χ1n) is 4.36. The van der Waals surface area contributed by atoms with Gasteiger partial charge in [0.1, 0.15) is 8.24 Å². The molecular weight excluding hydrogens is 182 g/mol. The fourth-order valence-corrected chi connectivity index (χ4v) is 1.21. The van der Waals surface area contributed by atoms with Crippen molar-refractivity contribution in [3.05, 3.63) is 0 Å². The number of hydrogen-bond donors (Lipinski definition) is 1. The van der Waals surface area contributed by atoms with Crippen LogP contribution < -0.4 is 4.98 Å². The maximum atomic E-state index is 10.8. The molecule has 0 unspecified atom stereocenters. The molecule has 0 amide bonds. The van der Waals surface area contributed by atoms with E-state index >= 15 is 0 Å². The third-order valence-electron chi connectivity index (χ3n) is 1.17. The van der Waals surface area contributed by atoms with Gasteiger partial charge >= 0.3 is 5.97 Å². The van der Waals surface area contributed by atoms with Crippen LogP contribution in [0.2, 0.25) is 19.6 Å². The molecule has 0 spiro atoms. The molecule has 0 atom stereocenters. The van der Waals surface area contributed by atoms with Crippen LogP contribution in [0.4, 0.5) is 0 Å². The summed E-state index contributed by atoms with van der Waals surface area (Å²) in [4.78, 5) is 14.0. The van der Waals surface area contributed by atoms with Crippen molar-refractivity contribution >= 4 is 14.2 Å². The van der Waals surface area contributed by atoms with Gasteiger partial charge in [-0.1, -0.05) is 25.6 Å². The quantitative estimate of drug-likeness (QED) is 0.319. The average molecular weight is 199 g/mol. The maximum absolute atomic E-state index is 10.8. The summed E-state index contributed by atoms with van der Waals surface area (Å²) in [7, 11) is -1.25. The van der Waals surface area contributed by atoms with E-state index in [1.54, 1.807) is 6.92 Å². The molecule has 74 valence electrons. The highest BCUT2D eigenvalue weighted by atomic mass is 28.3. The number of rotatable bonds is 3. The first-order valence-corrected chi connectivity index (χ1v) is 7.86. The van der Waals surface area contributed by atoms with Crippen LogP contribution in [-0.4, -0.2) is 27.4 Å². The Morgan fingerprint density at radius 2 is 2.08 bits per heavy atom. The maximum Gasteiger partial charge on any atom is 0.384 e. The van der Waals surface area contributed by atoms with Crippen molar-refractivity contribution < 1.29 is 9.53 Å². The van der Waals surface area contributed by atoms with E-state index in [2.05, 4.69) is 41.2 Å².